The van der Waals surface area contributed by atoms with Crippen LogP contribution in [-0.2, 0) is 0 Å². The Bertz CT molecular complexity index is 594. The number of rotatable bonds is 6. The van der Waals surface area contributed by atoms with Gasteiger partial charge in [0, 0.05) is 37.6 Å². The highest BCUT2D eigenvalue weighted by molar-refractivity contribution is 5.46. The van der Waals surface area contributed by atoms with Crippen LogP contribution in [0.5, 0.6) is 0 Å². The summed E-state index contributed by atoms with van der Waals surface area (Å²) in [4.78, 5) is 5.13. The third kappa shape index (κ3) is 5.06. The topological polar surface area (TPSA) is 6.48 Å². The van der Waals surface area contributed by atoms with E-state index >= 15 is 0 Å². The number of para-hydroxylation sites is 2. The molecule has 4 rings (SSSR count). The van der Waals surface area contributed by atoms with Gasteiger partial charge in [0.05, 0.1) is 0 Å². The number of piperidine rings is 2. The zero-order chi connectivity index (χ0) is 18.3. The Morgan fingerprint density at radius 2 is 0.926 bits per heavy atom. The molecule has 2 aromatic rings. The van der Waals surface area contributed by atoms with Crippen molar-refractivity contribution in [3.05, 3.63) is 60.7 Å². The normalized spacial score (nSPS) is 19.4. The van der Waals surface area contributed by atoms with E-state index in [1.807, 2.05) is 0 Å². The average Bonchev–Trinajstić information content (AvgIpc) is 2.76. The van der Waals surface area contributed by atoms with Gasteiger partial charge in [0.2, 0.25) is 0 Å². The summed E-state index contributed by atoms with van der Waals surface area (Å²) < 4.78 is 0. The lowest BCUT2D eigenvalue weighted by Crippen LogP contribution is -2.34. The minimum absolute atomic E-state index is 0.953. The summed E-state index contributed by atoms with van der Waals surface area (Å²) in [5, 5.41) is 0. The molecule has 0 aromatic heterocycles. The van der Waals surface area contributed by atoms with Gasteiger partial charge in [-0.1, -0.05) is 55.7 Å². The molecule has 0 spiro atoms. The maximum absolute atomic E-state index is 2.57. The fourth-order valence-electron chi connectivity index (χ4n) is 4.93. The van der Waals surface area contributed by atoms with Crippen LogP contribution in [0.3, 0.4) is 0 Å². The van der Waals surface area contributed by atoms with Crippen LogP contribution in [0.25, 0.3) is 0 Å². The van der Waals surface area contributed by atoms with E-state index in [-0.39, 0.29) is 0 Å². The largest absolute Gasteiger partial charge is 0.372 e. The van der Waals surface area contributed by atoms with Gasteiger partial charge >= 0.3 is 0 Å². The zero-order valence-corrected chi connectivity index (χ0v) is 16.6. The Morgan fingerprint density at radius 3 is 1.30 bits per heavy atom. The van der Waals surface area contributed by atoms with E-state index in [0.717, 1.165) is 11.8 Å². The van der Waals surface area contributed by atoms with E-state index in [1.54, 1.807) is 0 Å². The molecule has 2 fully saturated rings. The van der Waals surface area contributed by atoms with Crippen LogP contribution >= 0.6 is 0 Å². The standard InChI is InChI=1S/C25H34N2/c1-3-10-24(11-4-1)26-18-14-22(15-19-26)8-7-9-23-16-20-27(21-17-23)25-12-5-2-6-13-25/h1-6,10-13,22-23H,7-9,14-21H2. The van der Waals surface area contributed by atoms with Crippen molar-refractivity contribution < 1.29 is 0 Å². The molecular formula is C25H34N2. The van der Waals surface area contributed by atoms with Gasteiger partial charge in [0.15, 0.2) is 0 Å². The van der Waals surface area contributed by atoms with E-state index in [4.69, 9.17) is 0 Å². The maximum Gasteiger partial charge on any atom is 0.0366 e. The summed E-state index contributed by atoms with van der Waals surface area (Å²) >= 11 is 0. The fourth-order valence-corrected chi connectivity index (χ4v) is 4.93. The van der Waals surface area contributed by atoms with Gasteiger partial charge in [-0.15, -0.1) is 0 Å². The lowest BCUT2D eigenvalue weighted by molar-refractivity contribution is 0.325. The van der Waals surface area contributed by atoms with Gasteiger partial charge in [0.1, 0.15) is 0 Å². The van der Waals surface area contributed by atoms with Crippen LogP contribution in [0, 0.1) is 11.8 Å². The van der Waals surface area contributed by atoms with E-state index in [0.29, 0.717) is 0 Å². The lowest BCUT2D eigenvalue weighted by Gasteiger charge is -2.35. The van der Waals surface area contributed by atoms with Crippen LogP contribution in [0.2, 0.25) is 0 Å². The number of anilines is 2. The van der Waals surface area contributed by atoms with E-state index in [1.165, 1.54) is 82.5 Å². The first-order valence-electron chi connectivity index (χ1n) is 11.0. The summed E-state index contributed by atoms with van der Waals surface area (Å²) in [6.45, 7) is 4.96. The van der Waals surface area contributed by atoms with Crippen molar-refractivity contribution in [1.29, 1.82) is 0 Å². The molecule has 2 nitrogen and oxygen atoms in total. The van der Waals surface area contributed by atoms with Crippen LogP contribution < -0.4 is 9.80 Å². The highest BCUT2D eigenvalue weighted by Crippen LogP contribution is 2.30. The number of hydrogen-bond donors (Lipinski definition) is 0. The summed E-state index contributed by atoms with van der Waals surface area (Å²) in [5.41, 5.74) is 2.81. The Morgan fingerprint density at radius 1 is 0.556 bits per heavy atom. The third-order valence-electron chi connectivity index (χ3n) is 6.70. The lowest BCUT2D eigenvalue weighted by atomic mass is 9.86. The minimum atomic E-state index is 0.953. The Kier molecular flexibility index (Phi) is 6.34. The number of nitrogens with zero attached hydrogens (tertiary/aromatic N) is 2. The monoisotopic (exact) mass is 362 g/mol. The molecule has 2 aromatic carbocycles. The predicted molar refractivity (Wildman–Crippen MR) is 117 cm³/mol. The molecule has 0 radical (unpaired) electrons. The molecule has 2 saturated heterocycles. The molecule has 0 amide bonds. The first-order chi connectivity index (χ1) is 13.4. The second-order valence-corrected chi connectivity index (χ2v) is 8.46. The van der Waals surface area contributed by atoms with Crippen LogP contribution in [0.1, 0.15) is 44.9 Å². The molecule has 0 N–H and O–H groups in total. The van der Waals surface area contributed by atoms with Crippen LogP contribution in [-0.4, -0.2) is 26.2 Å². The first-order valence-corrected chi connectivity index (χ1v) is 11.0. The smallest absolute Gasteiger partial charge is 0.0366 e. The molecule has 0 unspecified atom stereocenters. The molecule has 2 heterocycles. The molecule has 2 aliphatic heterocycles. The predicted octanol–water partition coefficient (Wildman–Crippen LogP) is 5.99. The van der Waals surface area contributed by atoms with Crippen LogP contribution in [0.15, 0.2) is 60.7 Å². The van der Waals surface area contributed by atoms with Crippen LogP contribution in [0.4, 0.5) is 11.4 Å². The average molecular weight is 363 g/mol. The van der Waals surface area contributed by atoms with Crippen molar-refractivity contribution >= 4 is 11.4 Å². The first kappa shape index (κ1) is 18.4. The summed E-state index contributed by atoms with van der Waals surface area (Å²) in [5.74, 6) is 1.91. The van der Waals surface area contributed by atoms with Crippen molar-refractivity contribution in [1.82, 2.24) is 0 Å². The van der Waals surface area contributed by atoms with Crippen molar-refractivity contribution in [2.24, 2.45) is 11.8 Å². The number of hydrogen-bond acceptors (Lipinski definition) is 2. The van der Waals surface area contributed by atoms with Crippen molar-refractivity contribution in [2.75, 3.05) is 36.0 Å². The fraction of sp³-hybridized carbons (Fsp3) is 0.520. The van der Waals surface area contributed by atoms with Crippen molar-refractivity contribution in [3.63, 3.8) is 0 Å². The molecule has 27 heavy (non-hydrogen) atoms. The molecule has 0 aliphatic carbocycles. The van der Waals surface area contributed by atoms with Gasteiger partial charge in [-0.3, -0.25) is 0 Å². The second-order valence-electron chi connectivity index (χ2n) is 8.46. The molecular weight excluding hydrogens is 328 g/mol. The SMILES string of the molecule is c1ccc(N2CCC(CCCC3CCN(c4ccccc4)CC3)CC2)cc1. The van der Waals surface area contributed by atoms with Gasteiger partial charge < -0.3 is 9.80 Å². The van der Waals surface area contributed by atoms with Gasteiger partial charge in [-0.25, -0.2) is 0 Å². The highest BCUT2D eigenvalue weighted by atomic mass is 15.1. The van der Waals surface area contributed by atoms with Gasteiger partial charge in [0.25, 0.3) is 0 Å². The van der Waals surface area contributed by atoms with E-state index in [9.17, 15) is 0 Å². The third-order valence-corrected chi connectivity index (χ3v) is 6.70. The minimum Gasteiger partial charge on any atom is -0.372 e. The zero-order valence-electron chi connectivity index (χ0n) is 16.6. The Hall–Kier alpha value is -1.96. The number of benzene rings is 2. The summed E-state index contributed by atoms with van der Waals surface area (Å²) in [6.07, 6.45) is 9.83. The molecule has 0 bridgehead atoms. The van der Waals surface area contributed by atoms with Gasteiger partial charge in [-0.2, -0.15) is 0 Å². The van der Waals surface area contributed by atoms with Crippen molar-refractivity contribution in [2.45, 2.75) is 44.9 Å². The van der Waals surface area contributed by atoms with E-state index < -0.39 is 0 Å². The van der Waals surface area contributed by atoms with Crippen molar-refractivity contribution in [3.8, 4) is 0 Å². The van der Waals surface area contributed by atoms with Gasteiger partial charge in [-0.05, 0) is 61.8 Å². The molecule has 2 aliphatic rings. The summed E-state index contributed by atoms with van der Waals surface area (Å²) in [7, 11) is 0. The highest BCUT2D eigenvalue weighted by Gasteiger charge is 2.22. The molecule has 0 saturated carbocycles. The molecule has 0 atom stereocenters. The van der Waals surface area contributed by atoms with E-state index in [2.05, 4.69) is 70.5 Å². The maximum atomic E-state index is 2.57. The second kappa shape index (κ2) is 9.30. The molecule has 2 heteroatoms. The molecule has 144 valence electrons. The Labute approximate surface area is 165 Å². The Balaban J connectivity index is 1.12. The quantitative estimate of drug-likeness (QED) is 0.623. The summed E-state index contributed by atoms with van der Waals surface area (Å²) in [6, 6.07) is 21.9.